The van der Waals surface area contributed by atoms with Gasteiger partial charge in [0.05, 0.1) is 6.61 Å². The average Bonchev–Trinajstić information content (AvgIpc) is 2.28. The largest absolute Gasteiger partial charge is 0.380 e. The molecule has 1 atom stereocenters. The van der Waals surface area contributed by atoms with Crippen LogP contribution >= 0.6 is 0 Å². The topological polar surface area (TPSA) is 21.3 Å². The van der Waals surface area contributed by atoms with Crippen molar-refractivity contribution in [3.8, 4) is 0 Å². The molecule has 0 bridgehead atoms. The third kappa shape index (κ3) is 5.85. The van der Waals surface area contributed by atoms with Gasteiger partial charge in [0.1, 0.15) is 0 Å². The van der Waals surface area contributed by atoms with Crippen molar-refractivity contribution in [2.45, 2.75) is 33.7 Å². The zero-order chi connectivity index (χ0) is 12.7. The summed E-state index contributed by atoms with van der Waals surface area (Å²) in [6.45, 7) is 11.2. The van der Waals surface area contributed by atoms with Gasteiger partial charge in [0.15, 0.2) is 0 Å². The maximum absolute atomic E-state index is 5.54. The molecule has 2 heteroatoms. The summed E-state index contributed by atoms with van der Waals surface area (Å²) >= 11 is 0. The highest BCUT2D eigenvalue weighted by atomic mass is 16.5. The van der Waals surface area contributed by atoms with Crippen LogP contribution in [0.15, 0.2) is 24.3 Å². The van der Waals surface area contributed by atoms with E-state index in [0.717, 1.165) is 19.8 Å². The Bertz CT molecular complexity index is 322. The lowest BCUT2D eigenvalue weighted by Crippen LogP contribution is -2.24. The predicted molar refractivity (Wildman–Crippen MR) is 73.3 cm³/mol. The van der Waals surface area contributed by atoms with Gasteiger partial charge in [-0.15, -0.1) is 0 Å². The highest BCUT2D eigenvalue weighted by Gasteiger charge is 2.03. The molecule has 0 heterocycles. The Morgan fingerprint density at radius 1 is 1.24 bits per heavy atom. The monoisotopic (exact) mass is 235 g/mol. The molecular formula is C15H25NO. The minimum atomic E-state index is 0.387. The minimum Gasteiger partial charge on any atom is -0.380 e. The molecule has 0 saturated carbocycles. The summed E-state index contributed by atoms with van der Waals surface area (Å²) in [7, 11) is 0. The van der Waals surface area contributed by atoms with E-state index in [0.29, 0.717) is 12.0 Å². The Kier molecular flexibility index (Phi) is 6.23. The molecule has 1 N–H and O–H groups in total. The van der Waals surface area contributed by atoms with Gasteiger partial charge in [-0.25, -0.2) is 0 Å². The fourth-order valence-corrected chi connectivity index (χ4v) is 1.72. The molecule has 0 spiro atoms. The zero-order valence-electron chi connectivity index (χ0n) is 11.5. The van der Waals surface area contributed by atoms with Gasteiger partial charge in [-0.1, -0.05) is 43.7 Å². The summed E-state index contributed by atoms with van der Waals surface area (Å²) in [5.74, 6) is 0.615. The summed E-state index contributed by atoms with van der Waals surface area (Å²) in [5.41, 5.74) is 2.65. The number of benzene rings is 1. The van der Waals surface area contributed by atoms with Crippen molar-refractivity contribution in [2.75, 3.05) is 19.8 Å². The van der Waals surface area contributed by atoms with Gasteiger partial charge in [0.25, 0.3) is 0 Å². The van der Waals surface area contributed by atoms with Crippen molar-refractivity contribution in [3.63, 3.8) is 0 Å². The fourth-order valence-electron chi connectivity index (χ4n) is 1.72. The molecule has 0 aliphatic rings. The second-order valence-electron chi connectivity index (χ2n) is 5.06. The molecule has 0 unspecified atom stereocenters. The average molecular weight is 235 g/mol. The van der Waals surface area contributed by atoms with Gasteiger partial charge in [0, 0.05) is 19.2 Å². The van der Waals surface area contributed by atoms with Crippen LogP contribution in [0, 0.1) is 12.8 Å². The van der Waals surface area contributed by atoms with Crippen molar-refractivity contribution < 1.29 is 4.74 Å². The van der Waals surface area contributed by atoms with Crippen LogP contribution in [0.2, 0.25) is 0 Å². The molecule has 0 aliphatic heterocycles. The number of ether oxygens (including phenoxy) is 1. The quantitative estimate of drug-likeness (QED) is 0.732. The lowest BCUT2D eigenvalue weighted by Gasteiger charge is -2.15. The Labute approximate surface area is 105 Å². The number of nitrogens with one attached hydrogen (secondary N) is 1. The lowest BCUT2D eigenvalue weighted by molar-refractivity contribution is 0.110. The van der Waals surface area contributed by atoms with Crippen LogP contribution in [0.3, 0.4) is 0 Å². The van der Waals surface area contributed by atoms with E-state index in [1.807, 2.05) is 0 Å². The van der Waals surface area contributed by atoms with E-state index in [1.54, 1.807) is 0 Å². The van der Waals surface area contributed by atoms with E-state index in [9.17, 15) is 0 Å². The maximum Gasteiger partial charge on any atom is 0.0591 e. The molecule has 0 saturated heterocycles. The highest BCUT2D eigenvalue weighted by Crippen LogP contribution is 2.13. The summed E-state index contributed by atoms with van der Waals surface area (Å²) in [5, 5.41) is 3.47. The van der Waals surface area contributed by atoms with E-state index in [2.05, 4.69) is 57.3 Å². The van der Waals surface area contributed by atoms with Crippen LogP contribution in [0.1, 0.15) is 37.9 Å². The molecule has 0 aromatic heterocycles. The fraction of sp³-hybridized carbons (Fsp3) is 0.600. The third-order valence-corrected chi connectivity index (χ3v) is 2.69. The first-order valence-corrected chi connectivity index (χ1v) is 6.47. The van der Waals surface area contributed by atoms with Crippen LogP contribution in [-0.2, 0) is 4.74 Å². The summed E-state index contributed by atoms with van der Waals surface area (Å²) in [4.78, 5) is 0. The molecule has 2 nitrogen and oxygen atoms in total. The van der Waals surface area contributed by atoms with E-state index in [-0.39, 0.29) is 0 Å². The normalized spacial score (nSPS) is 13.0. The highest BCUT2D eigenvalue weighted by molar-refractivity contribution is 5.24. The molecule has 96 valence electrons. The maximum atomic E-state index is 5.54. The molecule has 0 aliphatic carbocycles. The third-order valence-electron chi connectivity index (χ3n) is 2.69. The van der Waals surface area contributed by atoms with Crippen molar-refractivity contribution in [3.05, 3.63) is 35.4 Å². The molecule has 0 fully saturated rings. The Morgan fingerprint density at radius 3 is 2.65 bits per heavy atom. The SMILES string of the molecule is Cc1cccc([C@H](C)NCCOCC(C)C)c1. The van der Waals surface area contributed by atoms with Crippen molar-refractivity contribution in [1.82, 2.24) is 5.32 Å². The lowest BCUT2D eigenvalue weighted by atomic mass is 10.1. The van der Waals surface area contributed by atoms with Crippen molar-refractivity contribution in [2.24, 2.45) is 5.92 Å². The molecule has 1 rings (SSSR count). The molecular weight excluding hydrogens is 210 g/mol. The second kappa shape index (κ2) is 7.46. The Hall–Kier alpha value is -0.860. The molecule has 1 aromatic rings. The first-order chi connectivity index (χ1) is 8.09. The van der Waals surface area contributed by atoms with E-state index >= 15 is 0 Å². The Morgan fingerprint density at radius 2 is 2.00 bits per heavy atom. The summed E-state index contributed by atoms with van der Waals surface area (Å²) in [6, 6.07) is 9.02. The number of rotatable bonds is 7. The van der Waals surface area contributed by atoms with E-state index in [4.69, 9.17) is 4.74 Å². The number of hydrogen-bond acceptors (Lipinski definition) is 2. The first-order valence-electron chi connectivity index (χ1n) is 6.47. The van der Waals surface area contributed by atoms with Crippen molar-refractivity contribution >= 4 is 0 Å². The molecule has 0 radical (unpaired) electrons. The molecule has 17 heavy (non-hydrogen) atoms. The summed E-state index contributed by atoms with van der Waals surface area (Å²) < 4.78 is 5.54. The van der Waals surface area contributed by atoms with Crippen LogP contribution in [-0.4, -0.2) is 19.8 Å². The standard InChI is InChI=1S/C15H25NO/c1-12(2)11-17-9-8-16-14(4)15-7-5-6-13(3)10-15/h5-7,10,12,14,16H,8-9,11H2,1-4H3/t14-/m0/s1. The van der Waals surface area contributed by atoms with Gasteiger partial charge in [-0.05, 0) is 25.3 Å². The number of aryl methyl sites for hydroxylation is 1. The van der Waals surface area contributed by atoms with Crippen LogP contribution < -0.4 is 5.32 Å². The second-order valence-corrected chi connectivity index (χ2v) is 5.06. The van der Waals surface area contributed by atoms with Gasteiger partial charge in [0.2, 0.25) is 0 Å². The van der Waals surface area contributed by atoms with Crippen LogP contribution in [0.25, 0.3) is 0 Å². The Balaban J connectivity index is 2.23. The van der Waals surface area contributed by atoms with Gasteiger partial charge in [-0.3, -0.25) is 0 Å². The van der Waals surface area contributed by atoms with Crippen LogP contribution in [0.4, 0.5) is 0 Å². The van der Waals surface area contributed by atoms with E-state index in [1.165, 1.54) is 11.1 Å². The predicted octanol–water partition coefficient (Wildman–Crippen LogP) is 3.32. The van der Waals surface area contributed by atoms with E-state index < -0.39 is 0 Å². The van der Waals surface area contributed by atoms with Crippen molar-refractivity contribution in [1.29, 1.82) is 0 Å². The number of hydrogen-bond donors (Lipinski definition) is 1. The van der Waals surface area contributed by atoms with Gasteiger partial charge < -0.3 is 10.1 Å². The molecule has 0 amide bonds. The summed E-state index contributed by atoms with van der Waals surface area (Å²) in [6.07, 6.45) is 0. The van der Waals surface area contributed by atoms with Crippen LogP contribution in [0.5, 0.6) is 0 Å². The first kappa shape index (κ1) is 14.2. The smallest absolute Gasteiger partial charge is 0.0591 e. The molecule has 1 aromatic carbocycles. The van der Waals surface area contributed by atoms with Gasteiger partial charge >= 0.3 is 0 Å². The van der Waals surface area contributed by atoms with Gasteiger partial charge in [-0.2, -0.15) is 0 Å². The zero-order valence-corrected chi connectivity index (χ0v) is 11.5. The minimum absolute atomic E-state index is 0.387.